The summed E-state index contributed by atoms with van der Waals surface area (Å²) in [5.41, 5.74) is 2.59. The molecule has 1 aromatic carbocycles. The number of hydrogen-bond donors (Lipinski definition) is 1. The van der Waals surface area contributed by atoms with Crippen LogP contribution in [0, 0.1) is 0 Å². The second kappa shape index (κ2) is 5.07. The first-order valence-electron chi connectivity index (χ1n) is 6.89. The molecule has 94 valence electrons. The largest absolute Gasteiger partial charge is 0.317 e. The van der Waals surface area contributed by atoms with E-state index in [1.807, 2.05) is 12.3 Å². The number of fused-ring (bicyclic) bond motifs is 1. The summed E-state index contributed by atoms with van der Waals surface area (Å²) in [6.07, 6.45) is 7.06. The number of pyridine rings is 1. The van der Waals surface area contributed by atoms with Gasteiger partial charge in [0.05, 0.1) is 5.52 Å². The van der Waals surface area contributed by atoms with Crippen LogP contribution in [-0.2, 0) is 0 Å². The smallest absolute Gasteiger partial charge is 0.0702 e. The van der Waals surface area contributed by atoms with Gasteiger partial charge in [-0.2, -0.15) is 0 Å². The zero-order chi connectivity index (χ0) is 12.4. The van der Waals surface area contributed by atoms with Gasteiger partial charge < -0.3 is 5.32 Å². The van der Waals surface area contributed by atoms with Gasteiger partial charge in [-0.25, -0.2) is 0 Å². The summed E-state index contributed by atoms with van der Waals surface area (Å²) in [6, 6.07) is 11.7. The minimum Gasteiger partial charge on any atom is -0.317 e. The van der Waals surface area contributed by atoms with Gasteiger partial charge in [0.1, 0.15) is 0 Å². The molecular formula is C16H20N2. The Morgan fingerprint density at radius 2 is 1.94 bits per heavy atom. The Bertz CT molecular complexity index is 527. The van der Waals surface area contributed by atoms with E-state index >= 15 is 0 Å². The second-order valence-corrected chi connectivity index (χ2v) is 5.29. The van der Waals surface area contributed by atoms with Crippen LogP contribution in [0.4, 0.5) is 0 Å². The normalized spacial score (nSPS) is 24.3. The highest BCUT2D eigenvalue weighted by atomic mass is 14.9. The van der Waals surface area contributed by atoms with E-state index in [-0.39, 0.29) is 0 Å². The Balaban J connectivity index is 1.82. The molecular weight excluding hydrogens is 220 g/mol. The molecule has 1 fully saturated rings. The number of nitrogens with zero attached hydrogens (tertiary/aromatic N) is 1. The van der Waals surface area contributed by atoms with E-state index in [9.17, 15) is 0 Å². The van der Waals surface area contributed by atoms with Crippen LogP contribution >= 0.6 is 0 Å². The molecule has 18 heavy (non-hydrogen) atoms. The lowest BCUT2D eigenvalue weighted by molar-refractivity contribution is 0.359. The molecule has 1 heterocycles. The van der Waals surface area contributed by atoms with Gasteiger partial charge in [0.2, 0.25) is 0 Å². The van der Waals surface area contributed by atoms with E-state index in [4.69, 9.17) is 0 Å². The monoisotopic (exact) mass is 240 g/mol. The minimum absolute atomic E-state index is 0.725. The number of hydrogen-bond acceptors (Lipinski definition) is 2. The number of rotatable bonds is 2. The van der Waals surface area contributed by atoms with Crippen molar-refractivity contribution < 1.29 is 0 Å². The highest BCUT2D eigenvalue weighted by molar-refractivity contribution is 5.79. The summed E-state index contributed by atoms with van der Waals surface area (Å²) in [6.45, 7) is 0. The van der Waals surface area contributed by atoms with Crippen molar-refractivity contribution in [2.24, 2.45) is 0 Å². The van der Waals surface area contributed by atoms with E-state index in [0.717, 1.165) is 17.5 Å². The van der Waals surface area contributed by atoms with Gasteiger partial charge >= 0.3 is 0 Å². The molecule has 0 bridgehead atoms. The molecule has 0 saturated heterocycles. The maximum atomic E-state index is 4.38. The van der Waals surface area contributed by atoms with Gasteiger partial charge in [0.15, 0.2) is 0 Å². The predicted octanol–water partition coefficient (Wildman–Crippen LogP) is 3.48. The molecule has 1 aromatic heterocycles. The minimum atomic E-state index is 0.725. The third kappa shape index (κ3) is 2.25. The lowest BCUT2D eigenvalue weighted by Gasteiger charge is -2.28. The zero-order valence-electron chi connectivity index (χ0n) is 10.9. The van der Waals surface area contributed by atoms with Gasteiger partial charge in [-0.3, -0.25) is 4.98 Å². The average molecular weight is 240 g/mol. The molecule has 2 nitrogen and oxygen atoms in total. The van der Waals surface area contributed by atoms with Crippen molar-refractivity contribution in [3.8, 4) is 0 Å². The summed E-state index contributed by atoms with van der Waals surface area (Å²) in [4.78, 5) is 4.38. The van der Waals surface area contributed by atoms with Crippen LogP contribution in [0.15, 0.2) is 36.5 Å². The Morgan fingerprint density at radius 1 is 1.11 bits per heavy atom. The lowest BCUT2D eigenvalue weighted by atomic mass is 9.81. The number of benzene rings is 1. The average Bonchev–Trinajstić information content (AvgIpc) is 2.47. The molecule has 0 radical (unpaired) electrons. The third-order valence-electron chi connectivity index (χ3n) is 4.23. The maximum absolute atomic E-state index is 4.38. The van der Waals surface area contributed by atoms with E-state index in [1.54, 1.807) is 0 Å². The van der Waals surface area contributed by atoms with E-state index in [0.29, 0.717) is 0 Å². The Hall–Kier alpha value is -1.41. The summed E-state index contributed by atoms with van der Waals surface area (Å²) in [5.74, 6) is 0.735. The highest BCUT2D eigenvalue weighted by Gasteiger charge is 2.21. The summed E-state index contributed by atoms with van der Waals surface area (Å²) in [5, 5.41) is 4.66. The van der Waals surface area contributed by atoms with Crippen molar-refractivity contribution in [1.29, 1.82) is 0 Å². The van der Waals surface area contributed by atoms with Crippen molar-refractivity contribution in [1.82, 2.24) is 10.3 Å². The Labute approximate surface area is 108 Å². The molecule has 2 heteroatoms. The van der Waals surface area contributed by atoms with E-state index < -0.39 is 0 Å². The molecule has 0 aliphatic heterocycles. The van der Waals surface area contributed by atoms with E-state index in [1.165, 1.54) is 36.6 Å². The van der Waals surface area contributed by atoms with Crippen molar-refractivity contribution in [2.45, 2.75) is 37.6 Å². The quantitative estimate of drug-likeness (QED) is 0.869. The van der Waals surface area contributed by atoms with Crippen LogP contribution in [-0.4, -0.2) is 18.1 Å². The van der Waals surface area contributed by atoms with Gasteiger partial charge in [-0.1, -0.05) is 12.1 Å². The van der Waals surface area contributed by atoms with Gasteiger partial charge in [-0.15, -0.1) is 0 Å². The van der Waals surface area contributed by atoms with Crippen molar-refractivity contribution >= 4 is 10.9 Å². The topological polar surface area (TPSA) is 24.9 Å². The molecule has 0 amide bonds. The lowest BCUT2D eigenvalue weighted by Crippen LogP contribution is -2.29. The van der Waals surface area contributed by atoms with Crippen LogP contribution in [0.1, 0.15) is 37.2 Å². The van der Waals surface area contributed by atoms with Crippen LogP contribution < -0.4 is 5.32 Å². The summed E-state index contributed by atoms with van der Waals surface area (Å²) < 4.78 is 0. The molecule has 2 aromatic rings. The SMILES string of the molecule is CNC1CCC(c2ccc3ncccc3c2)CC1. The van der Waals surface area contributed by atoms with Crippen LogP contribution in [0.3, 0.4) is 0 Å². The standard InChI is InChI=1S/C16H20N2/c1-17-15-7-4-12(5-8-15)13-6-9-16-14(11-13)3-2-10-18-16/h2-3,6,9-12,15,17H,4-5,7-8H2,1H3. The van der Waals surface area contributed by atoms with Gasteiger partial charge in [0, 0.05) is 17.6 Å². The fourth-order valence-corrected chi connectivity index (χ4v) is 3.06. The Kier molecular flexibility index (Phi) is 3.28. The summed E-state index contributed by atoms with van der Waals surface area (Å²) >= 11 is 0. The molecule has 0 spiro atoms. The molecule has 1 N–H and O–H groups in total. The van der Waals surface area contributed by atoms with Gasteiger partial charge in [0.25, 0.3) is 0 Å². The molecule has 3 rings (SSSR count). The second-order valence-electron chi connectivity index (χ2n) is 5.29. The fourth-order valence-electron chi connectivity index (χ4n) is 3.06. The first kappa shape index (κ1) is 11.7. The summed E-state index contributed by atoms with van der Waals surface area (Å²) in [7, 11) is 2.08. The molecule has 0 atom stereocenters. The number of nitrogens with one attached hydrogen (secondary N) is 1. The first-order chi connectivity index (χ1) is 8.86. The van der Waals surface area contributed by atoms with Crippen molar-refractivity contribution in [3.05, 3.63) is 42.1 Å². The molecule has 1 saturated carbocycles. The maximum Gasteiger partial charge on any atom is 0.0702 e. The van der Waals surface area contributed by atoms with Crippen LogP contribution in [0.5, 0.6) is 0 Å². The third-order valence-corrected chi connectivity index (χ3v) is 4.23. The fraction of sp³-hybridized carbons (Fsp3) is 0.438. The van der Waals surface area contributed by atoms with Crippen LogP contribution in [0.25, 0.3) is 10.9 Å². The molecule has 1 aliphatic carbocycles. The van der Waals surface area contributed by atoms with Crippen molar-refractivity contribution in [3.63, 3.8) is 0 Å². The van der Waals surface area contributed by atoms with Crippen LogP contribution in [0.2, 0.25) is 0 Å². The molecule has 0 unspecified atom stereocenters. The first-order valence-corrected chi connectivity index (χ1v) is 6.89. The zero-order valence-corrected chi connectivity index (χ0v) is 10.9. The number of aromatic nitrogens is 1. The van der Waals surface area contributed by atoms with Gasteiger partial charge in [-0.05, 0) is 62.4 Å². The molecule has 1 aliphatic rings. The predicted molar refractivity (Wildman–Crippen MR) is 75.8 cm³/mol. The Morgan fingerprint density at radius 3 is 2.72 bits per heavy atom. The van der Waals surface area contributed by atoms with Crippen molar-refractivity contribution in [2.75, 3.05) is 7.05 Å². The van der Waals surface area contributed by atoms with E-state index in [2.05, 4.69) is 41.6 Å². The highest BCUT2D eigenvalue weighted by Crippen LogP contribution is 2.33.